The van der Waals surface area contributed by atoms with E-state index in [0.717, 1.165) is 9.87 Å². The second-order valence-electron chi connectivity index (χ2n) is 8.26. The lowest BCUT2D eigenvalue weighted by molar-refractivity contribution is -0.138. The smallest absolute Gasteiger partial charge is 0.264 e. The van der Waals surface area contributed by atoms with Crippen LogP contribution in [0.25, 0.3) is 0 Å². The third kappa shape index (κ3) is 6.81. The van der Waals surface area contributed by atoms with E-state index in [-0.39, 0.29) is 28.1 Å². The van der Waals surface area contributed by atoms with Crippen molar-refractivity contribution >= 4 is 39.1 Å². The highest BCUT2D eigenvalue weighted by atomic mass is 35.5. The predicted octanol–water partition coefficient (Wildman–Crippen LogP) is 3.75. The van der Waals surface area contributed by atoms with Crippen molar-refractivity contribution in [3.63, 3.8) is 0 Å². The number of anilines is 1. The monoisotopic (exact) mass is 543 g/mol. The number of benzene rings is 3. The van der Waals surface area contributed by atoms with Crippen LogP contribution in [0.15, 0.2) is 83.8 Å². The molecule has 196 valence electrons. The van der Waals surface area contributed by atoms with Crippen molar-refractivity contribution in [3.05, 3.63) is 89.4 Å². The molecule has 3 rings (SSSR count). The Morgan fingerprint density at radius 2 is 1.62 bits per heavy atom. The summed E-state index contributed by atoms with van der Waals surface area (Å²) in [6.07, 6.45) is 0.494. The second kappa shape index (κ2) is 12.6. The van der Waals surface area contributed by atoms with E-state index in [0.29, 0.717) is 12.2 Å². The van der Waals surface area contributed by atoms with E-state index >= 15 is 0 Å². The standard InChI is InChI=1S/C27H30ClN3O5S/c1-20(27(33)29-2)30(17-16-21-10-6-4-7-11-21)26(32)19-31(22-14-15-25(36-3)24(28)18-22)37(34,35)23-12-8-5-9-13-23/h4-15,18,20H,16-17,19H2,1-3H3,(H,29,33). The number of amides is 2. The van der Waals surface area contributed by atoms with Gasteiger partial charge in [0, 0.05) is 13.6 Å². The summed E-state index contributed by atoms with van der Waals surface area (Å²) in [5.74, 6) is -0.517. The van der Waals surface area contributed by atoms with E-state index in [4.69, 9.17) is 16.3 Å². The Kier molecular flexibility index (Phi) is 9.54. The molecule has 0 aliphatic rings. The first-order valence-electron chi connectivity index (χ1n) is 11.7. The van der Waals surface area contributed by atoms with Crippen LogP contribution in [-0.4, -0.2) is 58.4 Å². The minimum absolute atomic E-state index is 0.0184. The van der Waals surface area contributed by atoms with Gasteiger partial charge in [-0.3, -0.25) is 13.9 Å². The molecule has 0 saturated heterocycles. The van der Waals surface area contributed by atoms with Gasteiger partial charge in [-0.05, 0) is 49.2 Å². The van der Waals surface area contributed by atoms with Crippen LogP contribution >= 0.6 is 11.6 Å². The number of hydrogen-bond acceptors (Lipinski definition) is 5. The number of methoxy groups -OCH3 is 1. The lowest BCUT2D eigenvalue weighted by Crippen LogP contribution is -2.51. The molecule has 1 N–H and O–H groups in total. The highest BCUT2D eigenvalue weighted by Crippen LogP contribution is 2.32. The minimum Gasteiger partial charge on any atom is -0.495 e. The van der Waals surface area contributed by atoms with Gasteiger partial charge >= 0.3 is 0 Å². The molecule has 10 heteroatoms. The summed E-state index contributed by atoms with van der Waals surface area (Å²) in [6, 6.07) is 21.0. The summed E-state index contributed by atoms with van der Waals surface area (Å²) in [4.78, 5) is 27.6. The topological polar surface area (TPSA) is 96.0 Å². The third-order valence-corrected chi connectivity index (χ3v) is 8.01. The molecule has 0 fully saturated rings. The van der Waals surface area contributed by atoms with E-state index in [1.165, 1.54) is 49.4 Å². The molecular weight excluding hydrogens is 514 g/mol. The minimum atomic E-state index is -4.15. The average molecular weight is 544 g/mol. The van der Waals surface area contributed by atoms with Crippen molar-refractivity contribution in [2.75, 3.05) is 31.6 Å². The molecular formula is C27H30ClN3O5S. The summed E-state index contributed by atoms with van der Waals surface area (Å²) in [5, 5.41) is 2.76. The molecule has 0 bridgehead atoms. The van der Waals surface area contributed by atoms with E-state index in [1.807, 2.05) is 30.3 Å². The van der Waals surface area contributed by atoms with Gasteiger partial charge in [0.2, 0.25) is 11.8 Å². The number of halogens is 1. The maximum absolute atomic E-state index is 13.7. The van der Waals surface area contributed by atoms with Crippen LogP contribution in [0.5, 0.6) is 5.75 Å². The number of ether oxygens (including phenoxy) is 1. The van der Waals surface area contributed by atoms with E-state index in [2.05, 4.69) is 5.32 Å². The zero-order valence-corrected chi connectivity index (χ0v) is 22.5. The molecule has 1 unspecified atom stereocenters. The Morgan fingerprint density at radius 3 is 2.19 bits per heavy atom. The highest BCUT2D eigenvalue weighted by molar-refractivity contribution is 7.92. The van der Waals surface area contributed by atoms with Crippen molar-refractivity contribution < 1.29 is 22.7 Å². The van der Waals surface area contributed by atoms with Gasteiger partial charge in [0.15, 0.2) is 0 Å². The van der Waals surface area contributed by atoms with Crippen LogP contribution in [0.4, 0.5) is 5.69 Å². The summed E-state index contributed by atoms with van der Waals surface area (Å²) >= 11 is 6.30. The largest absolute Gasteiger partial charge is 0.495 e. The van der Waals surface area contributed by atoms with Gasteiger partial charge in [0.05, 0.1) is 22.7 Å². The summed E-state index contributed by atoms with van der Waals surface area (Å²) < 4.78 is 33.6. The Hall–Kier alpha value is -3.56. The quantitative estimate of drug-likeness (QED) is 0.397. The number of rotatable bonds is 11. The van der Waals surface area contributed by atoms with Crippen molar-refractivity contribution in [2.24, 2.45) is 0 Å². The molecule has 0 radical (unpaired) electrons. The van der Waals surface area contributed by atoms with E-state index < -0.39 is 28.5 Å². The molecule has 8 nitrogen and oxygen atoms in total. The molecule has 1 atom stereocenters. The first-order valence-corrected chi connectivity index (χ1v) is 13.5. The van der Waals surface area contributed by atoms with Gasteiger partial charge in [-0.2, -0.15) is 0 Å². The zero-order chi connectivity index (χ0) is 27.0. The molecule has 0 aliphatic heterocycles. The van der Waals surface area contributed by atoms with Crippen LogP contribution in [0.3, 0.4) is 0 Å². The normalized spacial score (nSPS) is 11.9. The summed E-state index contributed by atoms with van der Waals surface area (Å²) in [6.45, 7) is 1.30. The second-order valence-corrected chi connectivity index (χ2v) is 10.5. The molecule has 3 aromatic rings. The fourth-order valence-corrected chi connectivity index (χ4v) is 5.52. The molecule has 37 heavy (non-hydrogen) atoms. The summed E-state index contributed by atoms with van der Waals surface area (Å²) in [5.41, 5.74) is 1.18. The van der Waals surface area contributed by atoms with Gasteiger partial charge in [0.1, 0.15) is 18.3 Å². The number of likely N-dealkylation sites (N-methyl/N-ethyl adjacent to an activating group) is 1. The number of nitrogens with one attached hydrogen (secondary N) is 1. The van der Waals surface area contributed by atoms with Crippen LogP contribution in [-0.2, 0) is 26.0 Å². The molecule has 0 saturated carbocycles. The number of carbonyl (C=O) groups is 2. The molecule has 0 heterocycles. The Balaban J connectivity index is 2.00. The SMILES string of the molecule is CNC(=O)C(C)N(CCc1ccccc1)C(=O)CN(c1ccc(OC)c(Cl)c1)S(=O)(=O)c1ccccc1. The summed E-state index contributed by atoms with van der Waals surface area (Å²) in [7, 11) is -1.21. The number of sulfonamides is 1. The van der Waals surface area contributed by atoms with Crippen LogP contribution in [0.1, 0.15) is 12.5 Å². The van der Waals surface area contributed by atoms with Crippen LogP contribution < -0.4 is 14.4 Å². The van der Waals surface area contributed by atoms with Gasteiger partial charge in [-0.1, -0.05) is 60.1 Å². The number of nitrogens with zero attached hydrogens (tertiary/aromatic N) is 2. The molecule has 0 spiro atoms. The van der Waals surface area contributed by atoms with E-state index in [1.54, 1.807) is 25.1 Å². The van der Waals surface area contributed by atoms with Crippen molar-refractivity contribution in [3.8, 4) is 5.75 Å². The van der Waals surface area contributed by atoms with Crippen molar-refractivity contribution in [1.82, 2.24) is 10.2 Å². The Bertz CT molecular complexity index is 1320. The molecule has 2 amide bonds. The fourth-order valence-electron chi connectivity index (χ4n) is 3.84. The van der Waals surface area contributed by atoms with Crippen molar-refractivity contribution in [1.29, 1.82) is 0 Å². The molecule has 0 aliphatic carbocycles. The fraction of sp³-hybridized carbons (Fsp3) is 0.259. The molecule has 0 aromatic heterocycles. The van der Waals surface area contributed by atoms with Crippen LogP contribution in [0.2, 0.25) is 5.02 Å². The predicted molar refractivity (Wildman–Crippen MR) is 144 cm³/mol. The first kappa shape index (κ1) is 28.0. The lowest BCUT2D eigenvalue weighted by atomic mass is 10.1. The Labute approximate surface area is 222 Å². The van der Waals surface area contributed by atoms with Gasteiger partial charge in [-0.25, -0.2) is 8.42 Å². The number of hydrogen-bond donors (Lipinski definition) is 1. The van der Waals surface area contributed by atoms with Gasteiger partial charge in [0.25, 0.3) is 10.0 Å². The van der Waals surface area contributed by atoms with Gasteiger partial charge in [-0.15, -0.1) is 0 Å². The maximum Gasteiger partial charge on any atom is 0.264 e. The molecule has 3 aromatic carbocycles. The average Bonchev–Trinajstić information content (AvgIpc) is 2.92. The van der Waals surface area contributed by atoms with E-state index in [9.17, 15) is 18.0 Å². The Morgan fingerprint density at radius 1 is 1.00 bits per heavy atom. The van der Waals surface area contributed by atoms with Crippen molar-refractivity contribution in [2.45, 2.75) is 24.3 Å². The zero-order valence-electron chi connectivity index (χ0n) is 20.9. The van der Waals surface area contributed by atoms with Crippen LogP contribution in [0, 0.1) is 0 Å². The number of carbonyl (C=O) groups excluding carboxylic acids is 2. The van der Waals surface area contributed by atoms with Gasteiger partial charge < -0.3 is 15.0 Å². The lowest BCUT2D eigenvalue weighted by Gasteiger charge is -2.31. The third-order valence-electron chi connectivity index (χ3n) is 5.93. The maximum atomic E-state index is 13.7. The first-order chi connectivity index (χ1) is 17.7. The highest BCUT2D eigenvalue weighted by Gasteiger charge is 2.32.